The number of likely N-dealkylation sites (tertiary alicyclic amines) is 2. The van der Waals surface area contributed by atoms with Crippen LogP contribution in [-0.4, -0.2) is 174 Å². The average Bonchev–Trinajstić information content (AvgIpc) is 3.45. The summed E-state index contributed by atoms with van der Waals surface area (Å²) in [5.74, 6) is -2.13. The van der Waals surface area contributed by atoms with Gasteiger partial charge in [0, 0.05) is 126 Å². The van der Waals surface area contributed by atoms with Crippen molar-refractivity contribution in [2.24, 2.45) is 5.92 Å². The Morgan fingerprint density at radius 1 is 0.649 bits per heavy atom. The largest absolute Gasteiger partial charge is 0.355 e. The van der Waals surface area contributed by atoms with E-state index in [4.69, 9.17) is 0 Å². The van der Waals surface area contributed by atoms with E-state index in [9.17, 15) is 37.5 Å². The first kappa shape index (κ1) is 54.8. The van der Waals surface area contributed by atoms with E-state index in [0.29, 0.717) is 118 Å². The van der Waals surface area contributed by atoms with Crippen molar-refractivity contribution >= 4 is 40.3 Å². The number of H-pyrrole nitrogens is 1. The molecular formula is C58H69F3N10O6. The Bertz CT molecular complexity index is 2980. The third kappa shape index (κ3) is 14.4. The molecule has 1 unspecified atom stereocenters. The topological polar surface area (TPSA) is 175 Å². The summed E-state index contributed by atoms with van der Waals surface area (Å²) < 4.78 is 42.7. The van der Waals surface area contributed by atoms with E-state index in [-0.39, 0.29) is 79.0 Å². The van der Waals surface area contributed by atoms with Gasteiger partial charge in [0.1, 0.15) is 17.5 Å². The average molecular weight is 1060 g/mol. The van der Waals surface area contributed by atoms with E-state index < -0.39 is 23.4 Å². The van der Waals surface area contributed by atoms with Crippen LogP contribution in [0.5, 0.6) is 0 Å². The molecule has 5 heterocycles. The Labute approximate surface area is 446 Å². The molecule has 5 aromatic rings. The van der Waals surface area contributed by atoms with Crippen molar-refractivity contribution in [1.29, 1.82) is 0 Å². The quantitative estimate of drug-likeness (QED) is 0.143. The van der Waals surface area contributed by atoms with Crippen LogP contribution >= 0.6 is 0 Å². The van der Waals surface area contributed by atoms with Gasteiger partial charge in [0.2, 0.25) is 17.7 Å². The standard InChI is InChI=1S/C58H69F3N10O6/c59-46-15-14-44(51(61)34-46)35-62-36-54(73)71-21-6-9-45(38-71)42-7-5-8-43(33-42)57(76)69-20-4-3-12-53(72)63-19-24-67(25-26-69)37-40-17-22-66(23-18-40)39-55(74)68-27-29-70(30-28-68)58(77)49-31-41(13-16-50(49)60)32-52-47-10-1-2-11-48(47)56(75)65-64-52/h1-2,5,7-8,10-11,13-16,31,33-34,40,45,62H,3-4,6,9,12,17-30,32,35-39H2,(H,63,72)(H,65,75). The van der Waals surface area contributed by atoms with E-state index in [1.807, 2.05) is 46.2 Å². The first-order valence-electron chi connectivity index (χ1n) is 27.2. The number of halogens is 3. The maximum Gasteiger partial charge on any atom is 0.272 e. The summed E-state index contributed by atoms with van der Waals surface area (Å²) in [4.78, 5) is 91.5. The van der Waals surface area contributed by atoms with Gasteiger partial charge < -0.3 is 30.2 Å². The molecule has 1 atom stereocenters. The highest BCUT2D eigenvalue weighted by Crippen LogP contribution is 2.29. The van der Waals surface area contributed by atoms with E-state index in [2.05, 4.69) is 30.6 Å². The van der Waals surface area contributed by atoms with Crippen molar-refractivity contribution in [2.45, 2.75) is 63.8 Å². The maximum atomic E-state index is 15.2. The molecule has 4 fully saturated rings. The summed E-state index contributed by atoms with van der Waals surface area (Å²) in [5.41, 5.74) is 2.82. The molecule has 19 heteroatoms. The van der Waals surface area contributed by atoms with Gasteiger partial charge >= 0.3 is 0 Å². The third-order valence-corrected chi connectivity index (χ3v) is 15.7. The fourth-order valence-corrected chi connectivity index (χ4v) is 11.2. The predicted octanol–water partition coefficient (Wildman–Crippen LogP) is 5.17. The Balaban J connectivity index is 0.733. The fourth-order valence-electron chi connectivity index (χ4n) is 11.2. The smallest absolute Gasteiger partial charge is 0.272 e. The number of carbonyl (C=O) groups is 5. The van der Waals surface area contributed by atoms with E-state index in [1.54, 1.807) is 34.1 Å². The van der Waals surface area contributed by atoms with Crippen molar-refractivity contribution in [3.8, 4) is 0 Å². The van der Waals surface area contributed by atoms with Crippen LogP contribution in [0.1, 0.15) is 94.0 Å². The van der Waals surface area contributed by atoms with Crippen LogP contribution in [0.3, 0.4) is 0 Å². The van der Waals surface area contributed by atoms with Crippen LogP contribution in [0.4, 0.5) is 13.2 Å². The van der Waals surface area contributed by atoms with Gasteiger partial charge in [-0.05, 0) is 105 Å². The Hall–Kier alpha value is -6.96. The number of nitrogens with zero attached hydrogens (tertiary/aromatic N) is 7. The lowest BCUT2D eigenvalue weighted by atomic mass is 9.89. The molecule has 4 aliphatic heterocycles. The minimum atomic E-state index is -0.659. The number of benzene rings is 4. The first-order valence-corrected chi connectivity index (χ1v) is 27.2. The van der Waals surface area contributed by atoms with Crippen LogP contribution in [-0.2, 0) is 27.3 Å². The monoisotopic (exact) mass is 1060 g/mol. The maximum absolute atomic E-state index is 15.2. The highest BCUT2D eigenvalue weighted by Gasteiger charge is 2.31. The van der Waals surface area contributed by atoms with Crippen molar-refractivity contribution in [3.63, 3.8) is 0 Å². The Morgan fingerprint density at radius 3 is 2.21 bits per heavy atom. The van der Waals surface area contributed by atoms with Crippen LogP contribution < -0.4 is 16.2 Å². The van der Waals surface area contributed by atoms with Crippen molar-refractivity contribution in [3.05, 3.63) is 146 Å². The number of fused-ring (bicyclic) bond motifs is 1. The van der Waals surface area contributed by atoms with Gasteiger partial charge in [0.05, 0.1) is 29.7 Å². The molecule has 1 aromatic heterocycles. The molecule has 4 aromatic carbocycles. The molecular weight excluding hydrogens is 990 g/mol. The van der Waals surface area contributed by atoms with Gasteiger partial charge in [-0.15, -0.1) is 0 Å². The predicted molar refractivity (Wildman–Crippen MR) is 285 cm³/mol. The summed E-state index contributed by atoms with van der Waals surface area (Å²) in [6.07, 6.45) is 5.51. The number of aromatic nitrogens is 2. The molecule has 4 saturated heterocycles. The zero-order valence-corrected chi connectivity index (χ0v) is 43.6. The summed E-state index contributed by atoms with van der Waals surface area (Å²) >= 11 is 0. The highest BCUT2D eigenvalue weighted by atomic mass is 19.1. The van der Waals surface area contributed by atoms with Gasteiger partial charge in [0.25, 0.3) is 17.4 Å². The molecule has 408 valence electrons. The molecule has 9 rings (SSSR count). The fraction of sp³-hybridized carbons (Fsp3) is 0.466. The number of piperazine rings is 1. The minimum Gasteiger partial charge on any atom is -0.355 e. The molecule has 0 saturated carbocycles. The van der Waals surface area contributed by atoms with Crippen LogP contribution in [0.15, 0.2) is 89.7 Å². The molecule has 4 aliphatic rings. The van der Waals surface area contributed by atoms with Crippen molar-refractivity contribution in [2.75, 3.05) is 105 Å². The molecule has 3 N–H and O–H groups in total. The molecule has 0 radical (unpaired) electrons. The number of piperidine rings is 2. The van der Waals surface area contributed by atoms with Gasteiger partial charge in [-0.2, -0.15) is 5.10 Å². The first-order chi connectivity index (χ1) is 37.3. The lowest BCUT2D eigenvalue weighted by Gasteiger charge is -2.38. The SMILES string of the molecule is O=C1CCCCN(C(=O)c2cccc(C3CCCN(C(=O)CNCc4ccc(F)cc4F)C3)c2)CCN(CC2CCN(CC(=O)N3CCN(C(=O)c4cc(Cc5n[nH]c(=O)c6ccccc56)ccc4F)CC3)CC2)CCN1. The number of hydrogen-bond donors (Lipinski definition) is 3. The molecule has 0 spiro atoms. The second kappa shape index (κ2) is 25.9. The molecule has 77 heavy (non-hydrogen) atoms. The summed E-state index contributed by atoms with van der Waals surface area (Å²) in [7, 11) is 0. The highest BCUT2D eigenvalue weighted by molar-refractivity contribution is 5.95. The zero-order valence-electron chi connectivity index (χ0n) is 43.6. The lowest BCUT2D eigenvalue weighted by Crippen LogP contribution is -2.53. The molecule has 0 aliphatic carbocycles. The normalized spacial score (nSPS) is 18.9. The number of hydrogen-bond acceptors (Lipinski definition) is 10. The second-order valence-electron chi connectivity index (χ2n) is 21.0. The van der Waals surface area contributed by atoms with Crippen LogP contribution in [0.2, 0.25) is 0 Å². The molecule has 5 amide bonds. The Kier molecular flexibility index (Phi) is 18.5. The van der Waals surface area contributed by atoms with Crippen LogP contribution in [0.25, 0.3) is 10.8 Å². The molecule has 0 bridgehead atoms. The zero-order chi connectivity index (χ0) is 53.8. The van der Waals surface area contributed by atoms with Crippen molar-refractivity contribution in [1.82, 2.24) is 50.2 Å². The number of carbonyl (C=O) groups excluding carboxylic acids is 5. The van der Waals surface area contributed by atoms with Gasteiger partial charge in [-0.3, -0.25) is 38.6 Å². The van der Waals surface area contributed by atoms with E-state index in [1.165, 1.54) is 18.2 Å². The van der Waals surface area contributed by atoms with Crippen molar-refractivity contribution < 1.29 is 37.1 Å². The summed E-state index contributed by atoms with van der Waals surface area (Å²) in [6.45, 7) is 7.91. The number of rotatable bonds is 13. The number of nitrogens with one attached hydrogen (secondary N) is 3. The number of aromatic amines is 1. The summed E-state index contributed by atoms with van der Waals surface area (Å²) in [5, 5.41) is 14.0. The van der Waals surface area contributed by atoms with E-state index >= 15 is 4.39 Å². The van der Waals surface area contributed by atoms with Gasteiger partial charge in [-0.1, -0.05) is 42.5 Å². The number of amides is 5. The van der Waals surface area contributed by atoms with Gasteiger partial charge in [-0.25, -0.2) is 18.3 Å². The lowest BCUT2D eigenvalue weighted by molar-refractivity contribution is -0.134. The van der Waals surface area contributed by atoms with Crippen LogP contribution in [0, 0.1) is 23.4 Å². The summed E-state index contributed by atoms with van der Waals surface area (Å²) in [6, 6.07) is 22.7. The second-order valence-corrected chi connectivity index (χ2v) is 21.0. The minimum absolute atomic E-state index is 0.00203. The van der Waals surface area contributed by atoms with Gasteiger partial charge in [0.15, 0.2) is 0 Å². The third-order valence-electron chi connectivity index (χ3n) is 15.7. The Morgan fingerprint density at radius 2 is 1.40 bits per heavy atom. The molecule has 16 nitrogen and oxygen atoms in total. The van der Waals surface area contributed by atoms with E-state index in [0.717, 1.165) is 56.9 Å².